The molecule has 1 amide bonds. The number of esters is 1. The highest BCUT2D eigenvalue weighted by molar-refractivity contribution is 6.00. The van der Waals surface area contributed by atoms with Crippen LogP contribution in [-0.2, 0) is 14.3 Å². The van der Waals surface area contributed by atoms with Gasteiger partial charge in [-0.05, 0) is 68.0 Å². The first-order valence-corrected chi connectivity index (χ1v) is 10.7. The molecule has 2 aromatic carbocycles. The normalized spacial score (nSPS) is 12.1. The monoisotopic (exact) mass is 473 g/mol. The third-order valence-corrected chi connectivity index (χ3v) is 5.43. The lowest BCUT2D eigenvalue weighted by Gasteiger charge is -2.10. The van der Waals surface area contributed by atoms with Crippen LogP contribution in [0.1, 0.15) is 17.0 Å². The van der Waals surface area contributed by atoms with E-state index in [9.17, 15) is 14.9 Å². The Morgan fingerprint density at radius 2 is 1.86 bits per heavy atom. The molecular formula is C26H23N3O6. The van der Waals surface area contributed by atoms with E-state index in [1.54, 1.807) is 25.3 Å². The van der Waals surface area contributed by atoms with Gasteiger partial charge >= 0.3 is 5.97 Å². The summed E-state index contributed by atoms with van der Waals surface area (Å²) in [7, 11) is 1.60. The summed E-state index contributed by atoms with van der Waals surface area (Å²) in [5, 5.41) is 12.1. The maximum atomic E-state index is 12.5. The van der Waals surface area contributed by atoms with Crippen LogP contribution in [0.5, 0.6) is 17.2 Å². The van der Waals surface area contributed by atoms with Gasteiger partial charge in [0.25, 0.3) is 5.91 Å². The largest absolute Gasteiger partial charge is 0.497 e. The molecule has 0 bridgehead atoms. The van der Waals surface area contributed by atoms with E-state index in [2.05, 4.69) is 5.32 Å². The van der Waals surface area contributed by atoms with Crippen molar-refractivity contribution < 1.29 is 28.5 Å². The number of anilines is 1. The van der Waals surface area contributed by atoms with Gasteiger partial charge in [-0.3, -0.25) is 4.79 Å². The SMILES string of the molecule is COc1ccc(-n2c(C)cc(C=C(C#N)C(=O)OCC(=O)Nc3ccc4c(c3)OCO4)c2C)cc1. The zero-order valence-corrected chi connectivity index (χ0v) is 19.5. The molecule has 35 heavy (non-hydrogen) atoms. The molecule has 1 aliphatic heterocycles. The predicted octanol–water partition coefficient (Wildman–Crippen LogP) is 3.92. The Balaban J connectivity index is 1.43. The Hall–Kier alpha value is -4.71. The van der Waals surface area contributed by atoms with E-state index < -0.39 is 18.5 Å². The van der Waals surface area contributed by atoms with Gasteiger partial charge in [-0.1, -0.05) is 0 Å². The molecule has 0 fully saturated rings. The Bertz CT molecular complexity index is 1350. The van der Waals surface area contributed by atoms with Crippen LogP contribution in [0.3, 0.4) is 0 Å². The first kappa shape index (κ1) is 23.4. The summed E-state index contributed by atoms with van der Waals surface area (Å²) < 4.78 is 22.8. The van der Waals surface area contributed by atoms with Crippen LogP contribution in [0, 0.1) is 25.2 Å². The van der Waals surface area contributed by atoms with Crippen molar-refractivity contribution in [2.24, 2.45) is 0 Å². The number of hydrogen-bond donors (Lipinski definition) is 1. The van der Waals surface area contributed by atoms with E-state index in [0.29, 0.717) is 22.7 Å². The number of rotatable bonds is 7. The minimum Gasteiger partial charge on any atom is -0.497 e. The van der Waals surface area contributed by atoms with Crippen LogP contribution in [0.2, 0.25) is 0 Å². The van der Waals surface area contributed by atoms with Crippen molar-refractivity contribution in [1.29, 1.82) is 5.26 Å². The minimum absolute atomic E-state index is 0.121. The lowest BCUT2D eigenvalue weighted by atomic mass is 10.1. The molecule has 0 saturated carbocycles. The molecule has 3 aromatic rings. The molecule has 0 aliphatic carbocycles. The second kappa shape index (κ2) is 10.1. The molecule has 1 N–H and O–H groups in total. The maximum Gasteiger partial charge on any atom is 0.349 e. The van der Waals surface area contributed by atoms with Crippen LogP contribution in [-0.4, -0.2) is 37.0 Å². The number of nitrogens with zero attached hydrogens (tertiary/aromatic N) is 2. The summed E-state index contributed by atoms with van der Waals surface area (Å²) in [6, 6.07) is 16.2. The lowest BCUT2D eigenvalue weighted by Crippen LogP contribution is -2.21. The number of amides is 1. The molecule has 1 aliphatic rings. The summed E-state index contributed by atoms with van der Waals surface area (Å²) in [6.07, 6.45) is 1.46. The molecule has 4 rings (SSSR count). The Morgan fingerprint density at radius 1 is 1.11 bits per heavy atom. The van der Waals surface area contributed by atoms with Gasteiger partial charge in [-0.2, -0.15) is 5.26 Å². The van der Waals surface area contributed by atoms with Crippen molar-refractivity contribution >= 4 is 23.6 Å². The van der Waals surface area contributed by atoms with E-state index in [1.165, 1.54) is 6.08 Å². The molecule has 9 nitrogen and oxygen atoms in total. The number of hydrogen-bond acceptors (Lipinski definition) is 7. The number of nitrogens with one attached hydrogen (secondary N) is 1. The molecule has 0 unspecified atom stereocenters. The molecule has 1 aromatic heterocycles. The number of aryl methyl sites for hydroxylation is 1. The van der Waals surface area contributed by atoms with Crippen LogP contribution < -0.4 is 19.5 Å². The van der Waals surface area contributed by atoms with Crippen molar-refractivity contribution in [3.8, 4) is 29.0 Å². The number of carbonyl (C=O) groups is 2. The van der Waals surface area contributed by atoms with E-state index in [0.717, 1.165) is 22.8 Å². The highest BCUT2D eigenvalue weighted by Crippen LogP contribution is 2.34. The van der Waals surface area contributed by atoms with Crippen LogP contribution in [0.25, 0.3) is 11.8 Å². The first-order valence-electron chi connectivity index (χ1n) is 10.7. The van der Waals surface area contributed by atoms with Gasteiger partial charge in [-0.15, -0.1) is 0 Å². The van der Waals surface area contributed by atoms with Crippen molar-refractivity contribution in [1.82, 2.24) is 4.57 Å². The van der Waals surface area contributed by atoms with Gasteiger partial charge in [0, 0.05) is 28.8 Å². The third-order valence-electron chi connectivity index (χ3n) is 5.43. The number of carbonyl (C=O) groups excluding carboxylic acids is 2. The van der Waals surface area contributed by atoms with Gasteiger partial charge in [0.05, 0.1) is 7.11 Å². The number of nitriles is 1. The second-order valence-corrected chi connectivity index (χ2v) is 7.72. The molecule has 0 atom stereocenters. The van der Waals surface area contributed by atoms with Crippen LogP contribution >= 0.6 is 0 Å². The van der Waals surface area contributed by atoms with Crippen LogP contribution in [0.15, 0.2) is 54.1 Å². The Labute approximate surface area is 202 Å². The van der Waals surface area contributed by atoms with Gasteiger partial charge in [0.15, 0.2) is 18.1 Å². The quantitative estimate of drug-likeness (QED) is 0.314. The molecular weight excluding hydrogens is 450 g/mol. The van der Waals surface area contributed by atoms with E-state index in [1.807, 2.05) is 54.8 Å². The second-order valence-electron chi connectivity index (χ2n) is 7.72. The topological polar surface area (TPSA) is 112 Å². The molecule has 2 heterocycles. The van der Waals surface area contributed by atoms with E-state index >= 15 is 0 Å². The highest BCUT2D eigenvalue weighted by atomic mass is 16.7. The van der Waals surface area contributed by atoms with Crippen molar-refractivity contribution in [2.75, 3.05) is 25.8 Å². The molecule has 0 saturated heterocycles. The Kier molecular flexibility index (Phi) is 6.73. The van der Waals surface area contributed by atoms with Gasteiger partial charge in [0.2, 0.25) is 6.79 Å². The average Bonchev–Trinajstić information content (AvgIpc) is 3.44. The van der Waals surface area contributed by atoms with Crippen molar-refractivity contribution in [2.45, 2.75) is 13.8 Å². The fourth-order valence-electron chi connectivity index (χ4n) is 3.73. The number of fused-ring (bicyclic) bond motifs is 1. The highest BCUT2D eigenvalue weighted by Gasteiger charge is 2.18. The summed E-state index contributed by atoms with van der Waals surface area (Å²) >= 11 is 0. The minimum atomic E-state index is -0.886. The van der Waals surface area contributed by atoms with Gasteiger partial charge in [0.1, 0.15) is 17.4 Å². The number of ether oxygens (including phenoxy) is 4. The third kappa shape index (κ3) is 5.12. The van der Waals surface area contributed by atoms with Crippen LogP contribution in [0.4, 0.5) is 5.69 Å². The van der Waals surface area contributed by atoms with Gasteiger partial charge in [-0.25, -0.2) is 4.79 Å². The first-order chi connectivity index (χ1) is 16.9. The van der Waals surface area contributed by atoms with E-state index in [4.69, 9.17) is 18.9 Å². The van der Waals surface area contributed by atoms with Crippen molar-refractivity contribution in [3.63, 3.8) is 0 Å². The molecule has 9 heteroatoms. The summed E-state index contributed by atoms with van der Waals surface area (Å²) in [6.45, 7) is 3.40. The molecule has 0 radical (unpaired) electrons. The molecule has 178 valence electrons. The summed E-state index contributed by atoms with van der Waals surface area (Å²) in [5.74, 6) is 0.412. The zero-order valence-electron chi connectivity index (χ0n) is 19.5. The van der Waals surface area contributed by atoms with Gasteiger partial charge < -0.3 is 28.8 Å². The fraction of sp³-hybridized carbons (Fsp3) is 0.192. The number of benzene rings is 2. The average molecular weight is 473 g/mol. The van der Waals surface area contributed by atoms with E-state index in [-0.39, 0.29) is 12.4 Å². The number of methoxy groups -OCH3 is 1. The fourth-order valence-corrected chi connectivity index (χ4v) is 3.73. The molecule has 0 spiro atoms. The Morgan fingerprint density at radius 3 is 2.57 bits per heavy atom. The number of aromatic nitrogens is 1. The predicted molar refractivity (Wildman–Crippen MR) is 128 cm³/mol. The summed E-state index contributed by atoms with van der Waals surface area (Å²) in [4.78, 5) is 24.7. The van der Waals surface area contributed by atoms with Crippen molar-refractivity contribution in [3.05, 3.63) is 71.1 Å². The zero-order chi connectivity index (χ0) is 24.9. The standard InChI is InChI=1S/C26H23N3O6/c1-16-10-18(17(2)29(16)21-5-7-22(32-3)8-6-21)11-19(13-27)26(31)33-14-25(30)28-20-4-9-23-24(12-20)35-15-34-23/h4-12H,14-15H2,1-3H3,(H,28,30). The summed E-state index contributed by atoms with van der Waals surface area (Å²) in [5.41, 5.74) is 3.63. The maximum absolute atomic E-state index is 12.5. The smallest absolute Gasteiger partial charge is 0.349 e. The lowest BCUT2D eigenvalue weighted by molar-refractivity contribution is -0.142.